The number of nitrogens with one attached hydrogen (secondary N) is 1. The van der Waals surface area contributed by atoms with Crippen LogP contribution in [-0.2, 0) is 9.53 Å². The maximum Gasteiger partial charge on any atom is 0.230 e. The first kappa shape index (κ1) is 22.1. The molecule has 0 radical (unpaired) electrons. The van der Waals surface area contributed by atoms with E-state index < -0.39 is 0 Å². The van der Waals surface area contributed by atoms with Gasteiger partial charge in [-0.3, -0.25) is 9.78 Å². The Labute approximate surface area is 207 Å². The van der Waals surface area contributed by atoms with Crippen molar-refractivity contribution in [1.29, 1.82) is 5.26 Å². The molecule has 10 heteroatoms. The molecule has 0 bridgehead atoms. The number of nitrogens with zero attached hydrogens (tertiary/aromatic N) is 6. The van der Waals surface area contributed by atoms with Gasteiger partial charge in [-0.05, 0) is 54.8 Å². The molecule has 6 rings (SSSR count). The number of rotatable bonds is 5. The Morgan fingerprint density at radius 2 is 2.14 bits per heavy atom. The highest BCUT2D eigenvalue weighted by atomic mass is 16.5. The number of ether oxygens (including phenoxy) is 1. The summed E-state index contributed by atoms with van der Waals surface area (Å²) >= 11 is 0. The average molecular weight is 481 g/mol. The van der Waals surface area contributed by atoms with E-state index >= 15 is 0 Å². The van der Waals surface area contributed by atoms with Crippen LogP contribution in [0.25, 0.3) is 33.2 Å². The fourth-order valence-corrected chi connectivity index (χ4v) is 4.64. The minimum Gasteiger partial charge on any atom is -0.383 e. The van der Waals surface area contributed by atoms with Gasteiger partial charge in [-0.25, -0.2) is 14.6 Å². The summed E-state index contributed by atoms with van der Waals surface area (Å²) in [7, 11) is 0. The fraction of sp³-hybridized carbons (Fsp3) is 0.308. The van der Waals surface area contributed by atoms with E-state index in [1.165, 1.54) is 0 Å². The average Bonchev–Trinajstić information content (AvgIpc) is 3.55. The Hall–Kier alpha value is -4.36. The largest absolute Gasteiger partial charge is 0.383 e. The van der Waals surface area contributed by atoms with Crippen molar-refractivity contribution in [2.75, 3.05) is 17.7 Å². The van der Waals surface area contributed by atoms with Crippen molar-refractivity contribution < 1.29 is 9.53 Å². The molecule has 0 aromatic carbocycles. The fourth-order valence-electron chi connectivity index (χ4n) is 4.64. The van der Waals surface area contributed by atoms with Gasteiger partial charge in [0.15, 0.2) is 0 Å². The van der Waals surface area contributed by atoms with Gasteiger partial charge in [0.05, 0.1) is 29.8 Å². The predicted octanol–water partition coefficient (Wildman–Crippen LogP) is 3.93. The Bertz CT molecular complexity index is 1500. The molecule has 180 valence electrons. The van der Waals surface area contributed by atoms with Gasteiger partial charge >= 0.3 is 0 Å². The third-order valence-corrected chi connectivity index (χ3v) is 6.75. The van der Waals surface area contributed by atoms with Crippen LogP contribution >= 0.6 is 0 Å². The van der Waals surface area contributed by atoms with Gasteiger partial charge in [0, 0.05) is 47.9 Å². The summed E-state index contributed by atoms with van der Waals surface area (Å²) < 4.78 is 7.74. The molecular formula is C26H24N8O2. The minimum atomic E-state index is -0.275. The van der Waals surface area contributed by atoms with Crippen LogP contribution in [-0.4, -0.2) is 37.2 Å². The van der Waals surface area contributed by atoms with E-state index in [2.05, 4.69) is 31.4 Å². The van der Waals surface area contributed by atoms with Crippen LogP contribution in [0.1, 0.15) is 31.9 Å². The second-order valence-electron chi connectivity index (χ2n) is 9.20. The number of nitrogens with two attached hydrogens (primary N) is 1. The molecule has 1 amide bonds. The molecule has 0 spiro atoms. The van der Waals surface area contributed by atoms with Crippen LogP contribution in [0.5, 0.6) is 0 Å². The molecule has 4 aromatic rings. The third-order valence-electron chi connectivity index (χ3n) is 6.75. The second kappa shape index (κ2) is 9.02. The second-order valence-corrected chi connectivity index (χ2v) is 9.20. The monoisotopic (exact) mass is 480 g/mol. The number of carbonyl (C=O) groups is 1. The maximum absolute atomic E-state index is 12.4. The number of nitriles is 1. The van der Waals surface area contributed by atoms with Gasteiger partial charge in [0.2, 0.25) is 5.91 Å². The van der Waals surface area contributed by atoms with E-state index in [0.717, 1.165) is 47.9 Å². The van der Waals surface area contributed by atoms with Crippen molar-refractivity contribution in [3.8, 4) is 28.5 Å². The van der Waals surface area contributed by atoms with Crippen molar-refractivity contribution in [3.05, 3.63) is 49.2 Å². The maximum atomic E-state index is 12.4. The summed E-state index contributed by atoms with van der Waals surface area (Å²) in [5.74, 6) is 0.0658. The van der Waals surface area contributed by atoms with Gasteiger partial charge < -0.3 is 15.8 Å². The zero-order valence-electron chi connectivity index (χ0n) is 19.5. The molecule has 1 saturated carbocycles. The topological polar surface area (TPSA) is 145 Å². The lowest BCUT2D eigenvalue weighted by molar-refractivity contribution is -0.117. The van der Waals surface area contributed by atoms with Gasteiger partial charge in [-0.2, -0.15) is 10.4 Å². The van der Waals surface area contributed by atoms with Crippen molar-refractivity contribution >= 4 is 28.3 Å². The van der Waals surface area contributed by atoms with Crippen LogP contribution in [0, 0.1) is 23.2 Å². The van der Waals surface area contributed by atoms with Gasteiger partial charge in [0.1, 0.15) is 17.9 Å². The normalized spacial score (nSPS) is 21.1. The van der Waals surface area contributed by atoms with Crippen molar-refractivity contribution in [1.82, 2.24) is 24.7 Å². The summed E-state index contributed by atoms with van der Waals surface area (Å²) in [6, 6.07) is 7.74. The smallest absolute Gasteiger partial charge is 0.230 e. The van der Waals surface area contributed by atoms with Gasteiger partial charge in [-0.1, -0.05) is 0 Å². The van der Waals surface area contributed by atoms with Crippen LogP contribution < -0.4 is 11.1 Å². The quantitative estimate of drug-likeness (QED) is 0.437. The van der Waals surface area contributed by atoms with Gasteiger partial charge in [-0.15, -0.1) is 0 Å². The van der Waals surface area contributed by atoms with Gasteiger partial charge in [0.25, 0.3) is 0 Å². The molecule has 36 heavy (non-hydrogen) atoms. The van der Waals surface area contributed by atoms with E-state index in [9.17, 15) is 4.79 Å². The molecule has 2 fully saturated rings. The lowest BCUT2D eigenvalue weighted by Gasteiger charge is -2.22. The first-order valence-electron chi connectivity index (χ1n) is 12.0. The Morgan fingerprint density at radius 1 is 1.22 bits per heavy atom. The number of fused-ring (bicyclic) bond motifs is 1. The zero-order chi connectivity index (χ0) is 24.6. The van der Waals surface area contributed by atoms with E-state index in [1.807, 2.05) is 29.2 Å². The van der Waals surface area contributed by atoms with Crippen LogP contribution in [0.2, 0.25) is 0 Å². The number of pyridine rings is 3. The molecule has 3 unspecified atom stereocenters. The molecule has 5 heterocycles. The van der Waals surface area contributed by atoms with Crippen molar-refractivity contribution in [3.63, 3.8) is 0 Å². The predicted molar refractivity (Wildman–Crippen MR) is 133 cm³/mol. The number of nitrogen functional groups attached to an aromatic ring is 1. The zero-order valence-corrected chi connectivity index (χ0v) is 19.5. The molecule has 3 atom stereocenters. The summed E-state index contributed by atoms with van der Waals surface area (Å²) in [6.45, 7) is 0.748. The molecule has 4 aromatic heterocycles. The lowest BCUT2D eigenvalue weighted by atomic mass is 10.0. The summed E-state index contributed by atoms with van der Waals surface area (Å²) in [4.78, 5) is 25.7. The molecule has 1 aliphatic heterocycles. The van der Waals surface area contributed by atoms with E-state index in [-0.39, 0.29) is 24.0 Å². The number of hydrogen-bond donors (Lipinski definition) is 2. The highest BCUT2D eigenvalue weighted by Crippen LogP contribution is 2.39. The number of carbonyl (C=O) groups excluding carboxylic acids is 1. The van der Waals surface area contributed by atoms with E-state index in [0.29, 0.717) is 29.1 Å². The number of anilines is 2. The number of aromatic nitrogens is 5. The summed E-state index contributed by atoms with van der Waals surface area (Å²) in [5, 5.41) is 17.8. The molecular weight excluding hydrogens is 456 g/mol. The third kappa shape index (κ3) is 4.14. The number of amides is 1. The first-order chi connectivity index (χ1) is 17.6. The Morgan fingerprint density at radius 3 is 2.94 bits per heavy atom. The summed E-state index contributed by atoms with van der Waals surface area (Å²) in [6.07, 6.45) is 12.6. The van der Waals surface area contributed by atoms with E-state index in [1.54, 1.807) is 24.7 Å². The minimum absolute atomic E-state index is 0.0487. The highest BCUT2D eigenvalue weighted by Gasteiger charge is 2.43. The van der Waals surface area contributed by atoms with Crippen LogP contribution in [0.4, 0.5) is 11.6 Å². The number of hydrogen-bond acceptors (Lipinski definition) is 8. The molecule has 1 aliphatic carbocycles. The molecule has 10 nitrogen and oxygen atoms in total. The Balaban J connectivity index is 1.33. The lowest BCUT2D eigenvalue weighted by Crippen LogP contribution is -2.18. The Kier molecular flexibility index (Phi) is 5.54. The highest BCUT2D eigenvalue weighted by molar-refractivity contribution is 5.99. The SMILES string of the molecule is N#CC1CC1C(=O)Nc1cc2cc(-c3cnccc3-c3cnn(C4CCCCO4)c3)nc(N)c2cn1. The summed E-state index contributed by atoms with van der Waals surface area (Å²) in [5.41, 5.74) is 9.63. The first-order valence-corrected chi connectivity index (χ1v) is 12.0. The molecule has 3 N–H and O–H groups in total. The van der Waals surface area contributed by atoms with Crippen molar-refractivity contribution in [2.24, 2.45) is 11.8 Å². The van der Waals surface area contributed by atoms with Crippen molar-refractivity contribution in [2.45, 2.75) is 31.9 Å². The standard InChI is InChI=1S/C26H24N8O2/c27-10-16-7-19(16)26(35)33-23-9-15-8-22(32-25(28)20(15)13-30-23)21-12-29-5-4-18(21)17-11-31-34(14-17)24-3-1-2-6-36-24/h4-5,8-9,11-14,16,19,24H,1-3,6-7H2,(H2,28,32)(H,30,33,35). The van der Waals surface area contributed by atoms with Crippen LogP contribution in [0.15, 0.2) is 49.2 Å². The van der Waals surface area contributed by atoms with E-state index in [4.69, 9.17) is 15.7 Å². The van der Waals surface area contributed by atoms with Crippen LogP contribution in [0.3, 0.4) is 0 Å². The molecule has 2 aliphatic rings. The molecule has 1 saturated heterocycles.